The summed E-state index contributed by atoms with van der Waals surface area (Å²) in [6.45, 7) is 18.4. The summed E-state index contributed by atoms with van der Waals surface area (Å²) >= 11 is 0. The van der Waals surface area contributed by atoms with Gasteiger partial charge in [0.2, 0.25) is 0 Å². The highest BCUT2D eigenvalue weighted by molar-refractivity contribution is 6.32. The lowest BCUT2D eigenvalue weighted by molar-refractivity contribution is 0.660. The van der Waals surface area contributed by atoms with Crippen LogP contribution in [0, 0.1) is 0 Å². The molecule has 0 unspecified atom stereocenters. The highest BCUT2D eigenvalue weighted by atomic mass is 16.3. The van der Waals surface area contributed by atoms with Crippen molar-refractivity contribution >= 4 is 99.5 Å². The summed E-state index contributed by atoms with van der Waals surface area (Å²) in [7, 11) is 0. The topological polar surface area (TPSA) is 32.8 Å². The van der Waals surface area contributed by atoms with Gasteiger partial charge >= 0.3 is 0 Å². The fourth-order valence-corrected chi connectivity index (χ4v) is 13.7. The van der Waals surface area contributed by atoms with Crippen LogP contribution in [-0.4, -0.2) is 0 Å². The van der Waals surface area contributed by atoms with Gasteiger partial charge in [0.15, 0.2) is 0 Å². The van der Waals surface area contributed by atoms with Gasteiger partial charge in [0, 0.05) is 72.6 Å². The number of hydrogen-bond donors (Lipinski definition) is 0. The molecule has 0 radical (unpaired) electrons. The predicted octanol–water partition coefficient (Wildman–Crippen LogP) is 21.6. The molecule has 4 nitrogen and oxygen atoms in total. The van der Waals surface area contributed by atoms with Crippen molar-refractivity contribution in [3.05, 3.63) is 240 Å². The highest BCUT2D eigenvalue weighted by Crippen LogP contribution is 2.55. The second-order valence-electron chi connectivity index (χ2n) is 23.6. The Morgan fingerprint density at radius 2 is 0.731 bits per heavy atom. The van der Waals surface area contributed by atoms with E-state index in [2.05, 4.69) is 271 Å². The summed E-state index contributed by atoms with van der Waals surface area (Å²) in [6, 6.07) is 76.8. The van der Waals surface area contributed by atoms with E-state index in [1.54, 1.807) is 0 Å². The van der Waals surface area contributed by atoms with E-state index in [-0.39, 0.29) is 10.8 Å². The van der Waals surface area contributed by atoms with Crippen molar-refractivity contribution in [3.8, 4) is 22.3 Å². The highest BCUT2D eigenvalue weighted by Gasteiger charge is 2.37. The Kier molecular flexibility index (Phi) is 10.0. The van der Waals surface area contributed by atoms with Crippen LogP contribution in [0.5, 0.6) is 0 Å². The van der Waals surface area contributed by atoms with Gasteiger partial charge in [-0.2, -0.15) is 0 Å². The Bertz CT molecular complexity index is 4620. The van der Waals surface area contributed by atoms with E-state index in [4.69, 9.17) is 8.83 Å². The minimum Gasteiger partial charge on any atom is -0.456 e. The van der Waals surface area contributed by atoms with E-state index in [9.17, 15) is 0 Å². The first-order valence-corrected chi connectivity index (χ1v) is 27.8. The van der Waals surface area contributed by atoms with Crippen LogP contribution in [0.15, 0.2) is 215 Å². The van der Waals surface area contributed by atoms with Crippen LogP contribution in [0.25, 0.3) is 87.7 Å². The zero-order valence-electron chi connectivity index (χ0n) is 45.5. The SMILES string of the molecule is CC(C)c1ccc(N(c2ccc3c(c2)-c2ccccc2C3(C)C)c2cc3oc4c(ccc5oc6cc(N(c7ccc(C(C)C)cc7)c7ccc8c(c7)-c7ccccc7C8(C)C)c7ccccc7c6c54)c3c3ccccc23)cc1. The standard InChI is InChI=1S/C74H60N2O2/c1-43(2)45-25-29-47(30-26-45)75(49-33-36-62-58(39-49)51-17-13-15-23-60(51)73(62,5)6)64-41-67-69(55-21-11-9-19-53(55)64)57-35-38-66-71(72(57)78-67)70-56-22-12-10-20-54(56)65(42-68(70)77-66)76(48-31-27-46(28-32-48)44(3)4)50-34-37-63-59(40-50)52-18-14-16-24-61(52)74(63,7)8/h9-44H,1-8H3. The van der Waals surface area contributed by atoms with Crippen molar-refractivity contribution in [3.63, 3.8) is 0 Å². The number of nitrogens with zero attached hydrogens (tertiary/aromatic N) is 2. The molecule has 0 saturated heterocycles. The van der Waals surface area contributed by atoms with Gasteiger partial charge in [-0.05, 0) is 139 Å². The van der Waals surface area contributed by atoms with Crippen LogP contribution in [0.2, 0.25) is 0 Å². The van der Waals surface area contributed by atoms with Gasteiger partial charge in [-0.1, -0.05) is 189 Å². The molecule has 2 aliphatic rings. The molecular weight excluding hydrogens is 949 g/mol. The van der Waals surface area contributed by atoms with Gasteiger partial charge in [-0.15, -0.1) is 0 Å². The molecule has 2 aromatic heterocycles. The van der Waals surface area contributed by atoms with E-state index in [0.717, 1.165) is 99.5 Å². The van der Waals surface area contributed by atoms with Crippen molar-refractivity contribution in [2.24, 2.45) is 0 Å². The molecule has 0 amide bonds. The molecule has 78 heavy (non-hydrogen) atoms. The first-order chi connectivity index (χ1) is 37.8. The van der Waals surface area contributed by atoms with Crippen LogP contribution in [0.3, 0.4) is 0 Å². The molecule has 0 atom stereocenters. The third-order valence-corrected chi connectivity index (χ3v) is 17.8. The van der Waals surface area contributed by atoms with Crippen molar-refractivity contribution in [1.82, 2.24) is 0 Å². The zero-order valence-corrected chi connectivity index (χ0v) is 45.5. The molecule has 0 bridgehead atoms. The summed E-state index contributed by atoms with van der Waals surface area (Å²) in [5.74, 6) is 0.825. The average Bonchev–Trinajstić information content (AvgIpc) is 4.22. The van der Waals surface area contributed by atoms with E-state index in [1.807, 2.05) is 0 Å². The molecule has 0 saturated carbocycles. The molecule has 11 aromatic carbocycles. The number of hydrogen-bond acceptors (Lipinski definition) is 4. The number of anilines is 6. The summed E-state index contributed by atoms with van der Waals surface area (Å²) in [4.78, 5) is 4.87. The maximum Gasteiger partial charge on any atom is 0.147 e. The van der Waals surface area contributed by atoms with Gasteiger partial charge in [-0.3, -0.25) is 0 Å². The molecule has 0 spiro atoms. The van der Waals surface area contributed by atoms with Gasteiger partial charge in [-0.25, -0.2) is 0 Å². The summed E-state index contributed by atoms with van der Waals surface area (Å²) in [6.07, 6.45) is 0. The van der Waals surface area contributed by atoms with Crippen molar-refractivity contribution in [2.45, 2.75) is 78.1 Å². The summed E-state index contributed by atoms with van der Waals surface area (Å²) in [5.41, 5.74) is 22.8. The van der Waals surface area contributed by atoms with Crippen LogP contribution in [0.4, 0.5) is 34.1 Å². The Hall–Kier alpha value is -8.86. The van der Waals surface area contributed by atoms with Crippen LogP contribution in [-0.2, 0) is 10.8 Å². The monoisotopic (exact) mass is 1010 g/mol. The minimum absolute atomic E-state index is 0.101. The normalized spacial score (nSPS) is 14.1. The Balaban J connectivity index is 0.953. The molecule has 15 rings (SSSR count). The zero-order chi connectivity index (χ0) is 52.9. The van der Waals surface area contributed by atoms with Crippen LogP contribution in [0.1, 0.15) is 101 Å². The third-order valence-electron chi connectivity index (χ3n) is 17.8. The molecule has 2 heterocycles. The molecule has 0 aliphatic heterocycles. The third kappa shape index (κ3) is 6.65. The number of benzene rings is 11. The average molecular weight is 1010 g/mol. The van der Waals surface area contributed by atoms with E-state index in [1.165, 1.54) is 55.6 Å². The lowest BCUT2D eigenvalue weighted by Gasteiger charge is -2.28. The molecule has 0 fully saturated rings. The van der Waals surface area contributed by atoms with Crippen molar-refractivity contribution < 1.29 is 8.83 Å². The largest absolute Gasteiger partial charge is 0.456 e. The van der Waals surface area contributed by atoms with Crippen LogP contribution >= 0.6 is 0 Å². The first-order valence-electron chi connectivity index (χ1n) is 27.8. The maximum absolute atomic E-state index is 7.39. The van der Waals surface area contributed by atoms with Gasteiger partial charge < -0.3 is 18.6 Å². The van der Waals surface area contributed by atoms with Gasteiger partial charge in [0.1, 0.15) is 22.3 Å². The predicted molar refractivity (Wildman–Crippen MR) is 329 cm³/mol. The van der Waals surface area contributed by atoms with E-state index >= 15 is 0 Å². The number of furan rings is 2. The fourth-order valence-electron chi connectivity index (χ4n) is 13.7. The summed E-state index contributed by atoms with van der Waals surface area (Å²) < 4.78 is 14.5. The maximum atomic E-state index is 7.39. The van der Waals surface area contributed by atoms with E-state index in [0.29, 0.717) is 11.8 Å². The molecule has 4 heteroatoms. The van der Waals surface area contributed by atoms with Crippen LogP contribution < -0.4 is 9.80 Å². The molecule has 0 N–H and O–H groups in total. The Labute approximate surface area is 455 Å². The molecule has 2 aliphatic carbocycles. The Morgan fingerprint density at radius 3 is 1.22 bits per heavy atom. The van der Waals surface area contributed by atoms with Crippen molar-refractivity contribution in [2.75, 3.05) is 9.80 Å². The molecular formula is C74H60N2O2. The van der Waals surface area contributed by atoms with Gasteiger partial charge in [0.05, 0.1) is 16.8 Å². The quantitative estimate of drug-likeness (QED) is 0.152. The molecule has 378 valence electrons. The lowest BCUT2D eigenvalue weighted by atomic mass is 9.82. The Morgan fingerprint density at radius 1 is 0.321 bits per heavy atom. The number of fused-ring (bicyclic) bond motifs is 17. The van der Waals surface area contributed by atoms with Gasteiger partial charge in [0.25, 0.3) is 0 Å². The lowest BCUT2D eigenvalue weighted by Crippen LogP contribution is -2.15. The fraction of sp³-hybridized carbons (Fsp3) is 0.162. The smallest absolute Gasteiger partial charge is 0.147 e. The second-order valence-corrected chi connectivity index (χ2v) is 23.6. The van der Waals surface area contributed by atoms with Crippen molar-refractivity contribution in [1.29, 1.82) is 0 Å². The minimum atomic E-state index is -0.102. The molecule has 13 aromatic rings. The van der Waals surface area contributed by atoms with E-state index < -0.39 is 0 Å². The second kappa shape index (κ2) is 16.8. The first kappa shape index (κ1) is 46.4. The summed E-state index contributed by atoms with van der Waals surface area (Å²) in [5, 5.41) is 8.71. The number of rotatable bonds is 8.